The molecule has 0 saturated carbocycles. The van der Waals surface area contributed by atoms with Crippen LogP contribution in [0.5, 0.6) is 0 Å². The number of hydrogen-bond donors (Lipinski definition) is 1. The summed E-state index contributed by atoms with van der Waals surface area (Å²) in [4.78, 5) is 4.81. The smallest absolute Gasteiger partial charge is 0.124 e. The van der Waals surface area contributed by atoms with E-state index in [9.17, 15) is 5.26 Å². The van der Waals surface area contributed by atoms with Crippen LogP contribution in [-0.4, -0.2) is 31.6 Å². The van der Waals surface area contributed by atoms with Gasteiger partial charge in [-0.1, -0.05) is 62.1 Å². The molecule has 2 heterocycles. The first-order valence-electron chi connectivity index (χ1n) is 12.0. The summed E-state index contributed by atoms with van der Waals surface area (Å²) >= 11 is 0. The van der Waals surface area contributed by atoms with E-state index in [1.807, 2.05) is 0 Å². The molecule has 1 N–H and O–H groups in total. The first-order chi connectivity index (χ1) is 16.4. The zero-order valence-electron chi connectivity index (χ0n) is 20.3. The molecule has 5 nitrogen and oxygen atoms in total. The first-order valence-corrected chi connectivity index (χ1v) is 15.7. The lowest BCUT2D eigenvalue weighted by atomic mass is 9.78. The number of ether oxygens (including phenoxy) is 1. The van der Waals surface area contributed by atoms with Crippen LogP contribution >= 0.6 is 0 Å². The molecule has 5 rings (SSSR count). The van der Waals surface area contributed by atoms with Crippen molar-refractivity contribution >= 4 is 19.6 Å². The van der Waals surface area contributed by atoms with Crippen molar-refractivity contribution in [3.8, 4) is 6.07 Å². The SMILES string of the molecule is C[Si](C)(C)CCOCn1ccc2c1NCN=C2c1cccc(C2(C#N)Cc3ccccc3C2)c1. The molecule has 0 spiro atoms. The van der Waals surface area contributed by atoms with Crippen LogP contribution in [0.2, 0.25) is 25.7 Å². The molecule has 1 aromatic heterocycles. The number of nitriles is 1. The molecule has 2 aliphatic rings. The maximum Gasteiger partial charge on any atom is 0.124 e. The van der Waals surface area contributed by atoms with Gasteiger partial charge in [-0.3, -0.25) is 4.99 Å². The predicted octanol–water partition coefficient (Wildman–Crippen LogP) is 5.58. The highest BCUT2D eigenvalue weighted by atomic mass is 28.3. The lowest BCUT2D eigenvalue weighted by Crippen LogP contribution is -2.25. The summed E-state index contributed by atoms with van der Waals surface area (Å²) in [5.74, 6) is 1.05. The van der Waals surface area contributed by atoms with Crippen LogP contribution in [0.25, 0.3) is 0 Å². The fraction of sp³-hybridized carbons (Fsp3) is 0.357. The first kappa shape index (κ1) is 22.6. The zero-order chi connectivity index (χ0) is 23.8. The topological polar surface area (TPSA) is 62.3 Å². The summed E-state index contributed by atoms with van der Waals surface area (Å²) in [7, 11) is -1.10. The van der Waals surface area contributed by atoms with Gasteiger partial charge in [0.1, 0.15) is 19.2 Å². The molecule has 0 atom stereocenters. The summed E-state index contributed by atoms with van der Waals surface area (Å²) in [6.45, 7) is 8.97. The molecule has 0 amide bonds. The van der Waals surface area contributed by atoms with Gasteiger partial charge < -0.3 is 14.6 Å². The minimum atomic E-state index is -1.10. The average molecular weight is 469 g/mol. The van der Waals surface area contributed by atoms with Crippen LogP contribution < -0.4 is 5.32 Å². The van der Waals surface area contributed by atoms with E-state index in [0.717, 1.165) is 53.7 Å². The monoisotopic (exact) mass is 468 g/mol. The Balaban J connectivity index is 1.38. The van der Waals surface area contributed by atoms with Gasteiger partial charge in [0, 0.05) is 32.0 Å². The molecule has 0 saturated heterocycles. The van der Waals surface area contributed by atoms with E-state index in [1.165, 1.54) is 11.1 Å². The van der Waals surface area contributed by atoms with E-state index in [2.05, 4.69) is 96.4 Å². The summed E-state index contributed by atoms with van der Waals surface area (Å²) < 4.78 is 8.12. The van der Waals surface area contributed by atoms with E-state index < -0.39 is 13.5 Å². The fourth-order valence-corrected chi connectivity index (χ4v) is 5.72. The van der Waals surface area contributed by atoms with E-state index >= 15 is 0 Å². The lowest BCUT2D eigenvalue weighted by molar-refractivity contribution is 0.0887. The number of nitrogens with zero attached hydrogens (tertiary/aromatic N) is 3. The Morgan fingerprint density at radius 1 is 1.09 bits per heavy atom. The van der Waals surface area contributed by atoms with Gasteiger partial charge in [-0.15, -0.1) is 0 Å². The van der Waals surface area contributed by atoms with E-state index in [1.54, 1.807) is 0 Å². The molecular weight excluding hydrogens is 436 g/mol. The number of anilines is 1. The predicted molar refractivity (Wildman–Crippen MR) is 140 cm³/mol. The molecule has 0 unspecified atom stereocenters. The average Bonchev–Trinajstić information content (AvgIpc) is 3.43. The number of rotatable bonds is 7. The number of hydrogen-bond acceptors (Lipinski definition) is 4. The summed E-state index contributed by atoms with van der Waals surface area (Å²) in [6, 6.07) is 22.8. The van der Waals surface area contributed by atoms with Gasteiger partial charge in [-0.05, 0) is 47.7 Å². The molecule has 1 aliphatic heterocycles. The zero-order valence-corrected chi connectivity index (χ0v) is 21.3. The van der Waals surface area contributed by atoms with Gasteiger partial charge in [0.2, 0.25) is 0 Å². The van der Waals surface area contributed by atoms with Crippen molar-refractivity contribution in [3.63, 3.8) is 0 Å². The third-order valence-electron chi connectivity index (χ3n) is 6.93. The third-order valence-corrected chi connectivity index (χ3v) is 8.64. The van der Waals surface area contributed by atoms with Gasteiger partial charge in [-0.2, -0.15) is 5.26 Å². The van der Waals surface area contributed by atoms with E-state index in [0.29, 0.717) is 13.4 Å². The largest absolute Gasteiger partial charge is 0.361 e. The van der Waals surface area contributed by atoms with Crippen molar-refractivity contribution in [2.75, 3.05) is 18.6 Å². The molecule has 6 heteroatoms. The van der Waals surface area contributed by atoms with Gasteiger partial charge in [0.25, 0.3) is 0 Å². The number of nitrogens with one attached hydrogen (secondary N) is 1. The Bertz CT molecular complexity index is 1250. The molecule has 0 bridgehead atoms. The maximum absolute atomic E-state index is 10.3. The minimum Gasteiger partial charge on any atom is -0.361 e. The van der Waals surface area contributed by atoms with Crippen molar-refractivity contribution in [2.45, 2.75) is 50.7 Å². The third kappa shape index (κ3) is 4.34. The number of aliphatic imine (C=N–C) groups is 1. The van der Waals surface area contributed by atoms with Crippen molar-refractivity contribution < 1.29 is 4.74 Å². The van der Waals surface area contributed by atoms with Crippen molar-refractivity contribution in [1.82, 2.24) is 4.57 Å². The van der Waals surface area contributed by atoms with Gasteiger partial charge >= 0.3 is 0 Å². The quantitative estimate of drug-likeness (QED) is 0.364. The summed E-state index contributed by atoms with van der Waals surface area (Å²) in [6.07, 6.45) is 3.59. The van der Waals surface area contributed by atoms with Crippen molar-refractivity contribution in [1.29, 1.82) is 5.26 Å². The second kappa shape index (κ2) is 8.90. The molecule has 1 aliphatic carbocycles. The molecule has 34 heavy (non-hydrogen) atoms. The van der Waals surface area contributed by atoms with Crippen LogP contribution in [-0.2, 0) is 29.7 Å². The second-order valence-corrected chi connectivity index (χ2v) is 16.3. The fourth-order valence-electron chi connectivity index (χ4n) is 4.96. The van der Waals surface area contributed by atoms with Crippen LogP contribution in [0.4, 0.5) is 5.82 Å². The van der Waals surface area contributed by atoms with Crippen LogP contribution in [0, 0.1) is 11.3 Å². The second-order valence-electron chi connectivity index (χ2n) is 10.6. The molecule has 3 aromatic rings. The van der Waals surface area contributed by atoms with Gasteiger partial charge in [-0.25, -0.2) is 0 Å². The lowest BCUT2D eigenvalue weighted by Gasteiger charge is -2.23. The molecule has 0 radical (unpaired) electrons. The Hall–Kier alpha value is -3.14. The molecule has 0 fully saturated rings. The number of fused-ring (bicyclic) bond motifs is 2. The van der Waals surface area contributed by atoms with Gasteiger partial charge in [0.15, 0.2) is 0 Å². The van der Waals surface area contributed by atoms with Gasteiger partial charge in [0.05, 0.1) is 17.2 Å². The van der Waals surface area contributed by atoms with Crippen molar-refractivity contribution in [2.24, 2.45) is 4.99 Å². The van der Waals surface area contributed by atoms with Crippen LogP contribution in [0.3, 0.4) is 0 Å². The normalized spacial score (nSPS) is 16.2. The molecule has 2 aromatic carbocycles. The van der Waals surface area contributed by atoms with Crippen LogP contribution in [0.15, 0.2) is 65.8 Å². The summed E-state index contributed by atoms with van der Waals surface area (Å²) in [5, 5.41) is 13.7. The van der Waals surface area contributed by atoms with Crippen molar-refractivity contribution in [3.05, 3.63) is 88.6 Å². The Labute approximate surface area is 203 Å². The Morgan fingerprint density at radius 3 is 2.56 bits per heavy atom. The standard InChI is InChI=1S/C28H32N4OSi/c1-34(2,3)14-13-33-20-32-12-11-25-26(30-19-31-27(25)32)21-9-6-10-24(15-21)28(18-29)16-22-7-4-5-8-23(22)17-28/h4-12,15,31H,13-14,16-17,19-20H2,1-3H3. The molecule has 174 valence electrons. The Kier molecular flexibility index (Phi) is 5.93. The molecular formula is C28H32N4OSi. The highest BCUT2D eigenvalue weighted by Crippen LogP contribution is 2.40. The number of aromatic nitrogens is 1. The maximum atomic E-state index is 10.3. The minimum absolute atomic E-state index is 0.522. The van der Waals surface area contributed by atoms with E-state index in [4.69, 9.17) is 9.73 Å². The van der Waals surface area contributed by atoms with E-state index in [-0.39, 0.29) is 0 Å². The Morgan fingerprint density at radius 2 is 1.85 bits per heavy atom. The summed E-state index contributed by atoms with van der Waals surface area (Å²) in [5.41, 5.74) is 6.22. The highest BCUT2D eigenvalue weighted by Gasteiger charge is 2.39. The highest BCUT2D eigenvalue weighted by molar-refractivity contribution is 6.76. The van der Waals surface area contributed by atoms with Crippen LogP contribution in [0.1, 0.15) is 27.8 Å². The number of benzene rings is 2.